The maximum absolute atomic E-state index is 10.8. The number of ether oxygens (including phenoxy) is 1. The number of nitrogens with zero attached hydrogens (tertiary/aromatic N) is 2. The van der Waals surface area contributed by atoms with E-state index in [1.54, 1.807) is 0 Å². The standard InChI is InChI=1S/C10H14N2O4S/c1-7(5-6-13)17-10-8(12(14)15)3-4-9(11-10)16-2/h3-4,7,13H,5-6H2,1-2H3. The molecule has 0 spiro atoms. The van der Waals surface area contributed by atoms with Crippen molar-refractivity contribution in [1.29, 1.82) is 0 Å². The fourth-order valence-corrected chi connectivity index (χ4v) is 2.20. The SMILES string of the molecule is COc1ccc([N+](=O)[O-])c(SC(C)CCO)n1. The minimum Gasteiger partial charge on any atom is -0.481 e. The molecule has 1 rings (SSSR count). The summed E-state index contributed by atoms with van der Waals surface area (Å²) in [6.07, 6.45) is 0.556. The highest BCUT2D eigenvalue weighted by atomic mass is 32.2. The maximum Gasteiger partial charge on any atom is 0.301 e. The van der Waals surface area contributed by atoms with Gasteiger partial charge in [0.25, 0.3) is 0 Å². The largest absolute Gasteiger partial charge is 0.481 e. The van der Waals surface area contributed by atoms with Crippen molar-refractivity contribution in [2.45, 2.75) is 23.6 Å². The maximum atomic E-state index is 10.8. The second kappa shape index (κ2) is 6.41. The molecule has 0 aliphatic rings. The van der Waals surface area contributed by atoms with Crippen molar-refractivity contribution < 1.29 is 14.8 Å². The van der Waals surface area contributed by atoms with Crippen LogP contribution in [-0.4, -0.2) is 34.0 Å². The van der Waals surface area contributed by atoms with Crippen LogP contribution in [0.2, 0.25) is 0 Å². The molecule has 0 saturated heterocycles. The second-order valence-corrected chi connectivity index (χ2v) is 4.80. The van der Waals surface area contributed by atoms with Gasteiger partial charge in [-0.15, -0.1) is 0 Å². The molecular weight excluding hydrogens is 244 g/mol. The molecule has 1 aromatic heterocycles. The van der Waals surface area contributed by atoms with Gasteiger partial charge >= 0.3 is 5.69 Å². The van der Waals surface area contributed by atoms with Crippen LogP contribution >= 0.6 is 11.8 Å². The van der Waals surface area contributed by atoms with E-state index in [0.29, 0.717) is 17.3 Å². The third-order valence-corrected chi connectivity index (χ3v) is 3.23. The highest BCUT2D eigenvalue weighted by Gasteiger charge is 2.19. The van der Waals surface area contributed by atoms with Gasteiger partial charge in [0, 0.05) is 24.0 Å². The lowest BCUT2D eigenvalue weighted by Crippen LogP contribution is -2.02. The lowest BCUT2D eigenvalue weighted by Gasteiger charge is -2.09. The number of nitro groups is 1. The van der Waals surface area contributed by atoms with Crippen molar-refractivity contribution in [2.24, 2.45) is 0 Å². The molecule has 0 fully saturated rings. The van der Waals surface area contributed by atoms with Crippen LogP contribution < -0.4 is 4.74 Å². The number of thioether (sulfide) groups is 1. The summed E-state index contributed by atoms with van der Waals surface area (Å²) < 4.78 is 4.93. The lowest BCUT2D eigenvalue weighted by molar-refractivity contribution is -0.388. The molecule has 0 radical (unpaired) electrons. The molecule has 1 atom stereocenters. The summed E-state index contributed by atoms with van der Waals surface area (Å²) in [7, 11) is 1.46. The van der Waals surface area contributed by atoms with Crippen LogP contribution in [0.3, 0.4) is 0 Å². The number of hydrogen-bond donors (Lipinski definition) is 1. The van der Waals surface area contributed by atoms with Crippen LogP contribution in [0.15, 0.2) is 17.2 Å². The van der Waals surface area contributed by atoms with Crippen molar-refractivity contribution >= 4 is 17.4 Å². The average molecular weight is 258 g/mol. The zero-order valence-corrected chi connectivity index (χ0v) is 10.4. The van der Waals surface area contributed by atoms with Crippen molar-refractivity contribution in [3.8, 4) is 5.88 Å². The molecule has 1 aromatic rings. The Kier molecular flexibility index (Phi) is 5.17. The summed E-state index contributed by atoms with van der Waals surface area (Å²) in [6.45, 7) is 1.93. The van der Waals surface area contributed by atoms with Crippen molar-refractivity contribution in [3.05, 3.63) is 22.2 Å². The predicted molar refractivity (Wildman–Crippen MR) is 64.5 cm³/mol. The topological polar surface area (TPSA) is 85.5 Å². The van der Waals surface area contributed by atoms with Crippen LogP contribution in [0, 0.1) is 10.1 Å². The van der Waals surface area contributed by atoms with Crippen LogP contribution in [-0.2, 0) is 0 Å². The fourth-order valence-electron chi connectivity index (χ4n) is 1.19. The van der Waals surface area contributed by atoms with Gasteiger partial charge in [0.05, 0.1) is 12.0 Å². The first-order valence-electron chi connectivity index (χ1n) is 5.05. The number of hydrogen-bond acceptors (Lipinski definition) is 6. The van der Waals surface area contributed by atoms with Crippen molar-refractivity contribution in [1.82, 2.24) is 4.98 Å². The Morgan fingerprint density at radius 2 is 2.35 bits per heavy atom. The second-order valence-electron chi connectivity index (χ2n) is 3.38. The fraction of sp³-hybridized carbons (Fsp3) is 0.500. The zero-order valence-electron chi connectivity index (χ0n) is 9.62. The van der Waals surface area contributed by atoms with Crippen LogP contribution in [0.5, 0.6) is 5.88 Å². The summed E-state index contributed by atoms with van der Waals surface area (Å²) in [4.78, 5) is 14.4. The van der Waals surface area contributed by atoms with E-state index in [0.717, 1.165) is 0 Å². The number of pyridine rings is 1. The number of aromatic nitrogens is 1. The molecule has 0 amide bonds. The summed E-state index contributed by atoms with van der Waals surface area (Å²) in [5.41, 5.74) is -0.0411. The highest BCUT2D eigenvalue weighted by molar-refractivity contribution is 8.00. The van der Waals surface area contributed by atoms with Gasteiger partial charge in [-0.25, -0.2) is 0 Å². The number of aliphatic hydroxyl groups is 1. The third-order valence-electron chi connectivity index (χ3n) is 2.07. The molecule has 1 unspecified atom stereocenters. The lowest BCUT2D eigenvalue weighted by atomic mass is 10.3. The summed E-state index contributed by atoms with van der Waals surface area (Å²) >= 11 is 1.26. The van der Waals surface area contributed by atoms with E-state index < -0.39 is 4.92 Å². The van der Waals surface area contributed by atoms with E-state index in [4.69, 9.17) is 9.84 Å². The molecule has 0 aliphatic heterocycles. The average Bonchev–Trinajstić information content (AvgIpc) is 2.28. The molecule has 0 bridgehead atoms. The monoisotopic (exact) mass is 258 g/mol. The van der Waals surface area contributed by atoms with E-state index in [9.17, 15) is 10.1 Å². The quantitative estimate of drug-likeness (QED) is 0.476. The minimum absolute atomic E-state index is 0.0411. The molecule has 1 N–H and O–H groups in total. The molecule has 17 heavy (non-hydrogen) atoms. The smallest absolute Gasteiger partial charge is 0.301 e. The van der Waals surface area contributed by atoms with Gasteiger partial charge in [-0.05, 0) is 6.42 Å². The van der Waals surface area contributed by atoms with Crippen LogP contribution in [0.1, 0.15) is 13.3 Å². The van der Waals surface area contributed by atoms with Crippen molar-refractivity contribution in [2.75, 3.05) is 13.7 Å². The van der Waals surface area contributed by atoms with Gasteiger partial charge in [0.15, 0.2) is 5.03 Å². The van der Waals surface area contributed by atoms with E-state index in [-0.39, 0.29) is 17.5 Å². The summed E-state index contributed by atoms with van der Waals surface area (Å²) in [5, 5.41) is 20.0. The van der Waals surface area contributed by atoms with Gasteiger partial charge in [-0.2, -0.15) is 4.98 Å². The van der Waals surface area contributed by atoms with Gasteiger partial charge < -0.3 is 9.84 Å². The Hall–Kier alpha value is -1.34. The van der Waals surface area contributed by atoms with Crippen LogP contribution in [0.4, 0.5) is 5.69 Å². The third kappa shape index (κ3) is 3.86. The summed E-state index contributed by atoms with van der Waals surface area (Å²) in [5.74, 6) is 0.342. The Balaban J connectivity index is 2.96. The van der Waals surface area contributed by atoms with E-state index in [1.165, 1.54) is 31.0 Å². The van der Waals surface area contributed by atoms with Gasteiger partial charge in [-0.3, -0.25) is 10.1 Å². The Morgan fingerprint density at radius 1 is 1.65 bits per heavy atom. The molecule has 94 valence electrons. The normalized spacial score (nSPS) is 12.2. The minimum atomic E-state index is -0.472. The van der Waals surface area contributed by atoms with Gasteiger partial charge in [-0.1, -0.05) is 18.7 Å². The first-order chi connectivity index (χ1) is 8.08. The number of aliphatic hydroxyl groups excluding tert-OH is 1. The first-order valence-corrected chi connectivity index (χ1v) is 5.93. The molecule has 6 nitrogen and oxygen atoms in total. The first kappa shape index (κ1) is 13.7. The predicted octanol–water partition coefficient (Wildman–Crippen LogP) is 1.86. The van der Waals surface area contributed by atoms with E-state index >= 15 is 0 Å². The molecule has 0 saturated carbocycles. The molecule has 0 aliphatic carbocycles. The summed E-state index contributed by atoms with van der Waals surface area (Å²) in [6, 6.07) is 2.83. The Bertz CT molecular complexity index is 400. The Morgan fingerprint density at radius 3 is 2.88 bits per heavy atom. The van der Waals surface area contributed by atoms with Gasteiger partial charge in [0.1, 0.15) is 0 Å². The Labute approximate surface area is 103 Å². The van der Waals surface area contributed by atoms with E-state index in [1.807, 2.05) is 6.92 Å². The van der Waals surface area contributed by atoms with Crippen molar-refractivity contribution in [3.63, 3.8) is 0 Å². The number of rotatable bonds is 6. The van der Waals surface area contributed by atoms with Crippen LogP contribution in [0.25, 0.3) is 0 Å². The van der Waals surface area contributed by atoms with E-state index in [2.05, 4.69) is 4.98 Å². The molecule has 1 heterocycles. The zero-order chi connectivity index (χ0) is 12.8. The highest BCUT2D eigenvalue weighted by Crippen LogP contribution is 2.32. The number of methoxy groups -OCH3 is 1. The molecular formula is C10H14N2O4S. The van der Waals surface area contributed by atoms with Gasteiger partial charge in [0.2, 0.25) is 5.88 Å². The molecule has 0 aromatic carbocycles. The molecule has 7 heteroatoms.